The van der Waals surface area contributed by atoms with Crippen LogP contribution >= 0.6 is 0 Å². The SMILES string of the molecule is c1ccc(-c2cc(-c3cccc4ccccc34)nc(-c3cccc(-c4ccc5c(c4)C4(c6ccccc6O5)c5ccccc5-c5ccc(-c6ccc(-c7cc(-c8ccc9ccccc9c8)nc(-c8cccc(-c9ccc%10c(c9)C9(c%11ccccc%11O%10)c%10ccccc%10-c%10ccccc%109)c8)n7)cc6)cc54)c3)n2)cc1. The molecule has 2 aromatic heterocycles. The van der Waals surface area contributed by atoms with Gasteiger partial charge in [-0.1, -0.05) is 303 Å². The molecule has 0 saturated carbocycles. The lowest BCUT2D eigenvalue weighted by Crippen LogP contribution is -2.32. The largest absolute Gasteiger partial charge is 0.457 e. The van der Waals surface area contributed by atoms with Crippen molar-refractivity contribution in [3.8, 4) is 146 Å². The van der Waals surface area contributed by atoms with E-state index < -0.39 is 10.8 Å². The molecule has 502 valence electrons. The number of ether oxygens (including phenoxy) is 2. The summed E-state index contributed by atoms with van der Waals surface area (Å²) >= 11 is 0. The van der Waals surface area contributed by atoms with Crippen molar-refractivity contribution < 1.29 is 9.47 Å². The number of hydrogen-bond acceptors (Lipinski definition) is 6. The molecule has 4 heterocycles. The van der Waals surface area contributed by atoms with E-state index in [1.54, 1.807) is 0 Å². The van der Waals surface area contributed by atoms with Crippen molar-refractivity contribution in [1.29, 1.82) is 0 Å². The average molecular weight is 1380 g/mol. The third-order valence-corrected chi connectivity index (χ3v) is 22.8. The van der Waals surface area contributed by atoms with E-state index in [9.17, 15) is 0 Å². The first kappa shape index (κ1) is 61.3. The fourth-order valence-corrected chi connectivity index (χ4v) is 17.9. The van der Waals surface area contributed by atoms with Gasteiger partial charge in [0.25, 0.3) is 0 Å². The van der Waals surface area contributed by atoms with Crippen molar-refractivity contribution in [2.24, 2.45) is 0 Å². The first-order valence-electron chi connectivity index (χ1n) is 36.9. The smallest absolute Gasteiger partial charge is 0.160 e. The van der Waals surface area contributed by atoms with Crippen LogP contribution in [-0.2, 0) is 10.8 Å². The summed E-state index contributed by atoms with van der Waals surface area (Å²) in [5, 5.41) is 4.63. The second-order valence-electron chi connectivity index (χ2n) is 28.6. The Morgan fingerprint density at radius 2 is 0.537 bits per heavy atom. The van der Waals surface area contributed by atoms with Crippen LogP contribution in [0.5, 0.6) is 23.0 Å². The van der Waals surface area contributed by atoms with E-state index in [1.807, 2.05) is 6.07 Å². The van der Waals surface area contributed by atoms with Crippen LogP contribution in [0.1, 0.15) is 44.5 Å². The normalized spacial score (nSPS) is 14.2. The van der Waals surface area contributed by atoms with Gasteiger partial charge in [0.05, 0.1) is 33.6 Å². The number of nitrogens with zero attached hydrogens (tertiary/aromatic N) is 4. The zero-order valence-corrected chi connectivity index (χ0v) is 58.4. The topological polar surface area (TPSA) is 70.0 Å². The minimum absolute atomic E-state index is 0.591. The summed E-state index contributed by atoms with van der Waals surface area (Å²) in [6, 6.07) is 135. The first-order valence-corrected chi connectivity index (χ1v) is 36.9. The summed E-state index contributed by atoms with van der Waals surface area (Å²) in [5.41, 5.74) is 28.6. The summed E-state index contributed by atoms with van der Waals surface area (Å²) < 4.78 is 13.9. The Labute approximate surface area is 624 Å². The highest BCUT2D eigenvalue weighted by Gasteiger charge is 2.53. The van der Waals surface area contributed by atoms with Crippen LogP contribution in [0.4, 0.5) is 0 Å². The summed E-state index contributed by atoms with van der Waals surface area (Å²) in [6.45, 7) is 0. The van der Waals surface area contributed by atoms with Gasteiger partial charge in [-0.05, 0) is 172 Å². The molecule has 0 bridgehead atoms. The maximum atomic E-state index is 7.04. The Morgan fingerprint density at radius 3 is 1.15 bits per heavy atom. The molecule has 6 nitrogen and oxygen atoms in total. The lowest BCUT2D eigenvalue weighted by Gasteiger charge is -2.39. The molecule has 2 aliphatic heterocycles. The van der Waals surface area contributed by atoms with E-state index in [0.717, 1.165) is 151 Å². The second-order valence-corrected chi connectivity index (χ2v) is 28.6. The molecular weight excluding hydrogens is 1310 g/mol. The number of aromatic nitrogens is 4. The molecular formula is C102H62N4O2. The minimum atomic E-state index is -0.745. The predicted molar refractivity (Wildman–Crippen MR) is 436 cm³/mol. The van der Waals surface area contributed by atoms with Crippen molar-refractivity contribution in [1.82, 2.24) is 19.9 Å². The molecule has 2 aliphatic carbocycles. The Kier molecular flexibility index (Phi) is 13.7. The molecule has 0 N–H and O–H groups in total. The standard InChI is InChI=1S/C102H62N4O2/c1-2-23-66(24-3-1)92-62-94(82-35-20-26-65-22-6-7-31-77(65)82)106-100(104-92)76-30-19-28-70(57-76)73-51-54-98-90(60-73)102(87-40-15-17-42-96(87)108-98)85-38-13-10-34-80(85)81-52-49-71(58-88(81)102)64-43-46-67(47-44-64)91-61-93(74-48-45-63-21-4-5-25-68(63)55-74)105-99(103-91)75-29-18-27-69(56-75)72-50-53-97-89(59-72)101(86-39-14-16-41-95(86)107-97)83-36-11-8-32-78(83)79-33-9-12-37-84(79)101/h1-62H. The van der Waals surface area contributed by atoms with Crippen LogP contribution < -0.4 is 9.47 Å². The van der Waals surface area contributed by atoms with Crippen LogP contribution in [0.3, 0.4) is 0 Å². The molecule has 0 amide bonds. The summed E-state index contributed by atoms with van der Waals surface area (Å²) in [4.78, 5) is 21.7. The third-order valence-electron chi connectivity index (χ3n) is 22.8. The van der Waals surface area contributed by atoms with Crippen molar-refractivity contribution in [2.75, 3.05) is 0 Å². The maximum Gasteiger partial charge on any atom is 0.160 e. The first-order chi connectivity index (χ1) is 53.5. The molecule has 4 aliphatic rings. The summed E-state index contributed by atoms with van der Waals surface area (Å²) in [6.07, 6.45) is 0. The van der Waals surface area contributed by atoms with Gasteiger partial charge in [-0.25, -0.2) is 19.9 Å². The fourth-order valence-electron chi connectivity index (χ4n) is 17.9. The van der Waals surface area contributed by atoms with Crippen LogP contribution in [0, 0.1) is 0 Å². The highest BCUT2D eigenvalue weighted by atomic mass is 16.5. The van der Waals surface area contributed by atoms with E-state index in [1.165, 1.54) is 49.9 Å². The maximum absolute atomic E-state index is 7.04. The highest BCUT2D eigenvalue weighted by Crippen LogP contribution is 2.65. The van der Waals surface area contributed by atoms with Gasteiger partial charge < -0.3 is 9.47 Å². The number of benzene rings is 16. The zero-order valence-electron chi connectivity index (χ0n) is 58.4. The molecule has 108 heavy (non-hydrogen) atoms. The number of rotatable bonds is 9. The Morgan fingerprint density at radius 1 is 0.176 bits per heavy atom. The van der Waals surface area contributed by atoms with E-state index >= 15 is 0 Å². The van der Waals surface area contributed by atoms with E-state index in [2.05, 4.69) is 370 Å². The molecule has 0 saturated heterocycles. The highest BCUT2D eigenvalue weighted by molar-refractivity contribution is 5.98. The predicted octanol–water partition coefficient (Wildman–Crippen LogP) is 25.5. The van der Waals surface area contributed by atoms with Crippen molar-refractivity contribution in [3.05, 3.63) is 421 Å². The molecule has 18 aromatic rings. The van der Waals surface area contributed by atoms with Gasteiger partial charge in [-0.15, -0.1) is 0 Å². The summed E-state index contributed by atoms with van der Waals surface area (Å²) in [5.74, 6) is 4.67. The van der Waals surface area contributed by atoms with Crippen LogP contribution in [-0.4, -0.2) is 19.9 Å². The zero-order chi connectivity index (χ0) is 71.0. The Hall–Kier alpha value is -14.2. The van der Waals surface area contributed by atoms with Crippen molar-refractivity contribution in [2.45, 2.75) is 10.8 Å². The van der Waals surface area contributed by atoms with Gasteiger partial charge in [-0.3, -0.25) is 0 Å². The van der Waals surface area contributed by atoms with Gasteiger partial charge in [0.2, 0.25) is 0 Å². The molecule has 1 atom stereocenters. The molecule has 1 unspecified atom stereocenters. The van der Waals surface area contributed by atoms with Gasteiger partial charge >= 0.3 is 0 Å². The number of fused-ring (bicyclic) bond motifs is 20. The Bertz CT molecular complexity index is 6730. The van der Waals surface area contributed by atoms with Crippen LogP contribution in [0.2, 0.25) is 0 Å². The average Bonchev–Trinajstić information content (AvgIpc) is 1.49. The monoisotopic (exact) mass is 1370 g/mol. The van der Waals surface area contributed by atoms with E-state index in [-0.39, 0.29) is 0 Å². The second kappa shape index (κ2) is 24.2. The molecule has 0 fully saturated rings. The van der Waals surface area contributed by atoms with Gasteiger partial charge in [-0.2, -0.15) is 0 Å². The molecule has 6 heteroatoms. The van der Waals surface area contributed by atoms with E-state index in [4.69, 9.17) is 29.4 Å². The lowest BCUT2D eigenvalue weighted by molar-refractivity contribution is 0.436. The van der Waals surface area contributed by atoms with Crippen molar-refractivity contribution >= 4 is 21.5 Å². The molecule has 0 radical (unpaired) electrons. The van der Waals surface area contributed by atoms with Gasteiger partial charge in [0.15, 0.2) is 11.6 Å². The van der Waals surface area contributed by atoms with Crippen LogP contribution in [0.25, 0.3) is 145 Å². The van der Waals surface area contributed by atoms with Gasteiger partial charge in [0, 0.05) is 55.6 Å². The number of hydrogen-bond donors (Lipinski definition) is 0. The quantitative estimate of drug-likeness (QED) is 0.143. The molecule has 16 aromatic carbocycles. The number of para-hydroxylation sites is 2. The summed E-state index contributed by atoms with van der Waals surface area (Å²) in [7, 11) is 0. The Balaban J connectivity index is 0.643. The molecule has 22 rings (SSSR count). The minimum Gasteiger partial charge on any atom is -0.457 e. The van der Waals surface area contributed by atoms with E-state index in [0.29, 0.717) is 11.6 Å². The third kappa shape index (κ3) is 9.46. The van der Waals surface area contributed by atoms with Gasteiger partial charge in [0.1, 0.15) is 23.0 Å². The lowest BCUT2D eigenvalue weighted by atomic mass is 9.65. The van der Waals surface area contributed by atoms with Crippen molar-refractivity contribution in [3.63, 3.8) is 0 Å². The van der Waals surface area contributed by atoms with Crippen LogP contribution in [0.15, 0.2) is 376 Å². The molecule has 2 spiro atoms. The fraction of sp³-hybridized carbons (Fsp3) is 0.0196.